The van der Waals surface area contributed by atoms with E-state index in [1.165, 1.54) is 10.6 Å². The minimum atomic E-state index is -0.728. The molecule has 0 aliphatic carbocycles. The van der Waals surface area contributed by atoms with E-state index in [0.717, 1.165) is 12.1 Å². The normalized spacial score (nSPS) is 10.3. The van der Waals surface area contributed by atoms with Gasteiger partial charge >= 0.3 is 0 Å². The van der Waals surface area contributed by atoms with Crippen molar-refractivity contribution in [2.75, 3.05) is 0 Å². The Hall–Kier alpha value is -2.20. The van der Waals surface area contributed by atoms with E-state index in [-0.39, 0.29) is 34.6 Å². The van der Waals surface area contributed by atoms with Crippen molar-refractivity contribution < 1.29 is 13.5 Å². The number of hydrogen-bond acceptors (Lipinski definition) is 3. The third kappa shape index (κ3) is 3.34. The summed E-state index contributed by atoms with van der Waals surface area (Å²) in [5, 5.41) is 0. The second kappa shape index (κ2) is 6.71. The molecule has 22 heavy (non-hydrogen) atoms. The molecule has 1 heterocycles. The van der Waals surface area contributed by atoms with Crippen molar-refractivity contribution in [1.29, 1.82) is 0 Å². The molecule has 0 aliphatic heterocycles. The Kier molecular flexibility index (Phi) is 4.93. The SMILES string of the molecule is C#CCn1c(C)nc(OCc2ccc(F)cc2F)c(Br)c1=O. The van der Waals surface area contributed by atoms with Gasteiger partial charge in [-0.3, -0.25) is 9.36 Å². The van der Waals surface area contributed by atoms with E-state index in [4.69, 9.17) is 11.2 Å². The van der Waals surface area contributed by atoms with Gasteiger partial charge in [-0.25, -0.2) is 8.78 Å². The lowest BCUT2D eigenvalue weighted by molar-refractivity contribution is 0.282. The van der Waals surface area contributed by atoms with E-state index < -0.39 is 11.6 Å². The molecule has 2 rings (SSSR count). The van der Waals surface area contributed by atoms with Gasteiger partial charge in [-0.1, -0.05) is 5.92 Å². The zero-order valence-corrected chi connectivity index (χ0v) is 13.2. The van der Waals surface area contributed by atoms with Crippen molar-refractivity contribution in [2.45, 2.75) is 20.1 Å². The molecule has 0 unspecified atom stereocenters. The average Bonchev–Trinajstić information content (AvgIpc) is 2.47. The summed E-state index contributed by atoms with van der Waals surface area (Å²) in [6.07, 6.45) is 5.19. The van der Waals surface area contributed by atoms with E-state index in [1.54, 1.807) is 6.92 Å². The van der Waals surface area contributed by atoms with Crippen LogP contribution in [-0.4, -0.2) is 9.55 Å². The molecule has 1 aromatic carbocycles. The Balaban J connectivity index is 2.27. The van der Waals surface area contributed by atoms with Crippen LogP contribution in [0.25, 0.3) is 0 Å². The number of halogens is 3. The van der Waals surface area contributed by atoms with Crippen molar-refractivity contribution in [2.24, 2.45) is 0 Å². The van der Waals surface area contributed by atoms with E-state index in [0.29, 0.717) is 5.82 Å². The van der Waals surface area contributed by atoms with Gasteiger partial charge in [0.15, 0.2) is 0 Å². The topological polar surface area (TPSA) is 44.1 Å². The lowest BCUT2D eigenvalue weighted by Crippen LogP contribution is -2.25. The van der Waals surface area contributed by atoms with Gasteiger partial charge in [0.1, 0.15) is 28.5 Å². The molecule has 0 atom stereocenters. The number of hydrogen-bond donors (Lipinski definition) is 0. The maximum atomic E-state index is 13.5. The fourth-order valence-corrected chi connectivity index (χ4v) is 2.19. The number of aromatic nitrogens is 2. The molecule has 0 fully saturated rings. The molecule has 0 bridgehead atoms. The Bertz CT molecular complexity index is 812. The van der Waals surface area contributed by atoms with E-state index in [1.807, 2.05) is 0 Å². The van der Waals surface area contributed by atoms with Crippen molar-refractivity contribution in [3.63, 3.8) is 0 Å². The summed E-state index contributed by atoms with van der Waals surface area (Å²) in [6.45, 7) is 1.51. The maximum Gasteiger partial charge on any atom is 0.272 e. The van der Waals surface area contributed by atoms with Crippen LogP contribution in [0.5, 0.6) is 5.88 Å². The number of ether oxygens (including phenoxy) is 1. The number of nitrogens with zero attached hydrogens (tertiary/aromatic N) is 2. The fourth-order valence-electron chi connectivity index (χ4n) is 1.77. The molecule has 0 amide bonds. The van der Waals surface area contributed by atoms with E-state index in [9.17, 15) is 13.6 Å². The van der Waals surface area contributed by atoms with Crippen LogP contribution in [0, 0.1) is 30.9 Å². The zero-order chi connectivity index (χ0) is 16.3. The van der Waals surface area contributed by atoms with Crippen molar-refractivity contribution >= 4 is 15.9 Å². The highest BCUT2D eigenvalue weighted by Crippen LogP contribution is 2.20. The van der Waals surface area contributed by atoms with Crippen molar-refractivity contribution in [3.8, 4) is 18.2 Å². The summed E-state index contributed by atoms with van der Waals surface area (Å²) in [7, 11) is 0. The van der Waals surface area contributed by atoms with Crippen LogP contribution in [0.15, 0.2) is 27.5 Å². The predicted octanol–water partition coefficient (Wildman–Crippen LogP) is 2.80. The summed E-state index contributed by atoms with van der Waals surface area (Å²) in [6, 6.07) is 3.16. The average molecular weight is 369 g/mol. The van der Waals surface area contributed by atoms with Gasteiger partial charge in [0.2, 0.25) is 5.88 Å². The molecule has 2 aromatic rings. The zero-order valence-electron chi connectivity index (χ0n) is 11.6. The van der Waals surface area contributed by atoms with Crippen LogP contribution < -0.4 is 10.3 Å². The lowest BCUT2D eigenvalue weighted by Gasteiger charge is -2.11. The van der Waals surface area contributed by atoms with Gasteiger partial charge in [0, 0.05) is 11.6 Å². The molecule has 0 saturated heterocycles. The summed E-state index contributed by atoms with van der Waals surface area (Å²) >= 11 is 3.10. The second-order valence-corrected chi connectivity index (χ2v) is 5.19. The lowest BCUT2D eigenvalue weighted by atomic mass is 10.2. The Morgan fingerprint density at radius 1 is 1.45 bits per heavy atom. The molecule has 7 heteroatoms. The van der Waals surface area contributed by atoms with Gasteiger partial charge in [-0.15, -0.1) is 6.42 Å². The third-order valence-electron chi connectivity index (χ3n) is 2.90. The van der Waals surface area contributed by atoms with Crippen LogP contribution >= 0.6 is 15.9 Å². The first kappa shape index (κ1) is 16.2. The van der Waals surface area contributed by atoms with Crippen molar-refractivity contribution in [1.82, 2.24) is 9.55 Å². The molecule has 0 aliphatic rings. The summed E-state index contributed by atoms with van der Waals surface area (Å²) in [5.74, 6) is 1.36. The van der Waals surface area contributed by atoms with Gasteiger partial charge in [-0.05, 0) is 35.0 Å². The van der Waals surface area contributed by atoms with Gasteiger partial charge < -0.3 is 4.74 Å². The molecule has 0 N–H and O–H groups in total. The highest BCUT2D eigenvalue weighted by molar-refractivity contribution is 9.10. The van der Waals surface area contributed by atoms with Crippen LogP contribution in [-0.2, 0) is 13.2 Å². The predicted molar refractivity (Wildman–Crippen MR) is 80.5 cm³/mol. The third-order valence-corrected chi connectivity index (χ3v) is 3.58. The molecular formula is C15H11BrF2N2O2. The molecule has 4 nitrogen and oxygen atoms in total. The standard InChI is InChI=1S/C15H11BrF2N2O2/c1-3-6-20-9(2)19-14(13(16)15(20)21)22-8-10-4-5-11(17)7-12(10)18/h1,4-5,7H,6,8H2,2H3. The number of terminal acetylenes is 1. The van der Waals surface area contributed by atoms with Crippen LogP contribution in [0.4, 0.5) is 8.78 Å². The summed E-state index contributed by atoms with van der Waals surface area (Å²) < 4.78 is 33.1. The highest BCUT2D eigenvalue weighted by atomic mass is 79.9. The number of rotatable bonds is 4. The van der Waals surface area contributed by atoms with Crippen molar-refractivity contribution in [3.05, 3.63) is 56.0 Å². The smallest absolute Gasteiger partial charge is 0.272 e. The summed E-state index contributed by atoms with van der Waals surface area (Å²) in [5.41, 5.74) is -0.236. The van der Waals surface area contributed by atoms with E-state index >= 15 is 0 Å². The number of aryl methyl sites for hydroxylation is 1. The summed E-state index contributed by atoms with van der Waals surface area (Å²) in [4.78, 5) is 16.2. The number of benzene rings is 1. The first-order valence-corrected chi connectivity index (χ1v) is 7.00. The first-order valence-electron chi connectivity index (χ1n) is 6.21. The van der Waals surface area contributed by atoms with Crippen LogP contribution in [0.3, 0.4) is 0 Å². The minimum Gasteiger partial charge on any atom is -0.472 e. The van der Waals surface area contributed by atoms with E-state index in [2.05, 4.69) is 26.8 Å². The Morgan fingerprint density at radius 3 is 2.82 bits per heavy atom. The monoisotopic (exact) mass is 368 g/mol. The van der Waals surface area contributed by atoms with Gasteiger partial charge in [-0.2, -0.15) is 4.98 Å². The molecule has 0 radical (unpaired) electrons. The van der Waals surface area contributed by atoms with Crippen LogP contribution in [0.1, 0.15) is 11.4 Å². The fraction of sp³-hybridized carbons (Fsp3) is 0.200. The molecule has 1 aromatic heterocycles. The van der Waals surface area contributed by atoms with Gasteiger partial charge in [0.25, 0.3) is 5.56 Å². The maximum absolute atomic E-state index is 13.5. The highest BCUT2D eigenvalue weighted by Gasteiger charge is 2.14. The molecule has 114 valence electrons. The molecule has 0 saturated carbocycles. The Labute approximate surface area is 133 Å². The second-order valence-electron chi connectivity index (χ2n) is 4.40. The quantitative estimate of drug-likeness (QED) is 0.779. The largest absolute Gasteiger partial charge is 0.472 e. The minimum absolute atomic E-state index is 0.0273. The molecular weight excluding hydrogens is 358 g/mol. The Morgan fingerprint density at radius 2 is 2.18 bits per heavy atom. The molecule has 0 spiro atoms. The van der Waals surface area contributed by atoms with Crippen LogP contribution in [0.2, 0.25) is 0 Å². The van der Waals surface area contributed by atoms with Gasteiger partial charge in [0.05, 0.1) is 6.54 Å². The first-order chi connectivity index (χ1) is 10.4.